The Labute approximate surface area is 247 Å². The third-order valence-electron chi connectivity index (χ3n) is 7.68. The van der Waals surface area contributed by atoms with Gasteiger partial charge in [0, 0.05) is 31.5 Å². The van der Waals surface area contributed by atoms with Gasteiger partial charge in [-0.3, -0.25) is 9.59 Å². The van der Waals surface area contributed by atoms with Crippen LogP contribution in [0.5, 0.6) is 11.5 Å². The SMILES string of the molecule is COc1cc2c(c3c1c(=O)c1cc4ccccc4nc1n3C)[C@@H](OC(C)=O)[C@@H](OC(=O)/C=C/c1ccccc1)C(C)(C)O2. The summed E-state index contributed by atoms with van der Waals surface area (Å²) < 4.78 is 25.7. The van der Waals surface area contributed by atoms with Gasteiger partial charge in [-0.15, -0.1) is 0 Å². The molecule has 0 spiro atoms. The molecule has 43 heavy (non-hydrogen) atoms. The number of ether oxygens (including phenoxy) is 4. The van der Waals surface area contributed by atoms with Crippen LogP contribution in [0.15, 0.2) is 77.6 Å². The Bertz CT molecular complexity index is 2010. The lowest BCUT2D eigenvalue weighted by Gasteiger charge is -2.43. The normalized spacial score (nSPS) is 17.5. The smallest absolute Gasteiger partial charge is 0.331 e. The molecule has 0 unspecified atom stereocenters. The second-order valence-electron chi connectivity index (χ2n) is 11.0. The maximum absolute atomic E-state index is 14.1. The van der Waals surface area contributed by atoms with Crippen molar-refractivity contribution in [2.24, 2.45) is 7.05 Å². The number of para-hydroxylation sites is 1. The van der Waals surface area contributed by atoms with Crippen molar-refractivity contribution in [1.29, 1.82) is 0 Å². The van der Waals surface area contributed by atoms with E-state index in [0.717, 1.165) is 10.9 Å². The highest BCUT2D eigenvalue weighted by Gasteiger charge is 2.50. The summed E-state index contributed by atoms with van der Waals surface area (Å²) in [7, 11) is 3.25. The first kappa shape index (κ1) is 28.0. The Morgan fingerprint density at radius 2 is 1.74 bits per heavy atom. The number of esters is 2. The first-order valence-corrected chi connectivity index (χ1v) is 13.8. The summed E-state index contributed by atoms with van der Waals surface area (Å²) in [4.78, 5) is 44.5. The Hall–Kier alpha value is -5.18. The summed E-state index contributed by atoms with van der Waals surface area (Å²) in [5.74, 6) is -0.601. The Morgan fingerprint density at radius 1 is 1.02 bits per heavy atom. The van der Waals surface area contributed by atoms with Gasteiger partial charge in [0.05, 0.1) is 34.5 Å². The summed E-state index contributed by atoms with van der Waals surface area (Å²) in [5.41, 5.74) is 1.31. The second-order valence-corrected chi connectivity index (χ2v) is 11.0. The molecular weight excluding hydrogens is 548 g/mol. The molecule has 0 amide bonds. The van der Waals surface area contributed by atoms with Crippen LogP contribution in [0.3, 0.4) is 0 Å². The molecule has 0 saturated heterocycles. The summed E-state index contributed by atoms with van der Waals surface area (Å²) in [6, 6.07) is 20.3. The van der Waals surface area contributed by atoms with Gasteiger partial charge >= 0.3 is 11.9 Å². The topological polar surface area (TPSA) is 106 Å². The number of rotatable bonds is 5. The lowest BCUT2D eigenvalue weighted by Crippen LogP contribution is -2.52. The van der Waals surface area contributed by atoms with E-state index in [0.29, 0.717) is 39.1 Å². The van der Waals surface area contributed by atoms with Crippen LogP contribution in [-0.2, 0) is 26.1 Å². The maximum atomic E-state index is 14.1. The fourth-order valence-electron chi connectivity index (χ4n) is 5.75. The number of benzene rings is 3. The average Bonchev–Trinajstić information content (AvgIpc) is 2.99. The van der Waals surface area contributed by atoms with E-state index in [1.807, 2.05) is 60.7 Å². The van der Waals surface area contributed by atoms with Gasteiger partial charge in [0.1, 0.15) is 22.7 Å². The van der Waals surface area contributed by atoms with Crippen LogP contribution in [0.25, 0.3) is 38.9 Å². The minimum atomic E-state index is -1.13. The number of fused-ring (bicyclic) bond motifs is 5. The third kappa shape index (κ3) is 4.86. The van der Waals surface area contributed by atoms with Crippen LogP contribution in [0.2, 0.25) is 0 Å². The zero-order chi connectivity index (χ0) is 30.5. The third-order valence-corrected chi connectivity index (χ3v) is 7.68. The number of aryl methyl sites for hydroxylation is 1. The van der Waals surface area contributed by atoms with E-state index in [4.69, 9.17) is 23.9 Å². The number of methoxy groups -OCH3 is 1. The number of pyridine rings is 2. The molecule has 0 aliphatic carbocycles. The van der Waals surface area contributed by atoms with Crippen molar-refractivity contribution in [3.63, 3.8) is 0 Å². The van der Waals surface area contributed by atoms with E-state index in [9.17, 15) is 14.4 Å². The number of carbonyl (C=O) groups is 2. The molecule has 0 saturated carbocycles. The van der Waals surface area contributed by atoms with Crippen LogP contribution in [0, 0.1) is 0 Å². The molecule has 9 nitrogen and oxygen atoms in total. The van der Waals surface area contributed by atoms with E-state index in [1.54, 1.807) is 37.6 Å². The molecule has 0 bridgehead atoms. The van der Waals surface area contributed by atoms with Gasteiger partial charge in [0.15, 0.2) is 12.2 Å². The molecule has 0 N–H and O–H groups in total. The van der Waals surface area contributed by atoms with Crippen LogP contribution in [-0.4, -0.2) is 40.3 Å². The minimum absolute atomic E-state index is 0.267. The highest BCUT2D eigenvalue weighted by Crippen LogP contribution is 2.49. The average molecular weight is 579 g/mol. The molecule has 3 aromatic carbocycles. The maximum Gasteiger partial charge on any atom is 0.331 e. The monoisotopic (exact) mass is 578 g/mol. The Balaban J connectivity index is 1.59. The van der Waals surface area contributed by atoms with Crippen molar-refractivity contribution in [3.8, 4) is 11.5 Å². The molecule has 2 atom stereocenters. The number of hydrogen-bond donors (Lipinski definition) is 0. The molecular formula is C34H30N2O7. The van der Waals surface area contributed by atoms with Gasteiger partial charge in [-0.2, -0.15) is 0 Å². The minimum Gasteiger partial charge on any atom is -0.496 e. The van der Waals surface area contributed by atoms with Crippen LogP contribution in [0.4, 0.5) is 0 Å². The number of hydrogen-bond acceptors (Lipinski definition) is 8. The predicted molar refractivity (Wildman–Crippen MR) is 163 cm³/mol. The number of aromatic nitrogens is 2. The molecule has 9 heteroatoms. The van der Waals surface area contributed by atoms with Gasteiger partial charge < -0.3 is 23.5 Å². The van der Waals surface area contributed by atoms with Crippen molar-refractivity contribution in [1.82, 2.24) is 9.55 Å². The van der Waals surface area contributed by atoms with E-state index < -0.39 is 29.7 Å². The summed E-state index contributed by atoms with van der Waals surface area (Å²) in [5, 5.41) is 1.49. The van der Waals surface area contributed by atoms with Gasteiger partial charge in [-0.05, 0) is 37.6 Å². The molecule has 5 aromatic rings. The summed E-state index contributed by atoms with van der Waals surface area (Å²) in [6.07, 6.45) is 0.779. The van der Waals surface area contributed by atoms with Crippen molar-refractivity contribution in [2.45, 2.75) is 38.6 Å². The van der Waals surface area contributed by atoms with Gasteiger partial charge in [0.25, 0.3) is 0 Å². The number of carbonyl (C=O) groups excluding carboxylic acids is 2. The van der Waals surface area contributed by atoms with Crippen LogP contribution >= 0.6 is 0 Å². The van der Waals surface area contributed by atoms with E-state index in [2.05, 4.69) is 0 Å². The Morgan fingerprint density at radius 3 is 2.47 bits per heavy atom. The zero-order valence-corrected chi connectivity index (χ0v) is 24.4. The molecule has 1 aliphatic rings. The predicted octanol–water partition coefficient (Wildman–Crippen LogP) is 5.65. The van der Waals surface area contributed by atoms with E-state index in [1.165, 1.54) is 20.1 Å². The molecule has 0 fully saturated rings. The Kier molecular flexibility index (Phi) is 6.88. The van der Waals surface area contributed by atoms with Gasteiger partial charge in [0.2, 0.25) is 5.43 Å². The fraction of sp³-hybridized carbons (Fsp3) is 0.235. The van der Waals surface area contributed by atoms with Crippen molar-refractivity contribution in [2.75, 3.05) is 7.11 Å². The lowest BCUT2D eigenvalue weighted by atomic mass is 9.86. The van der Waals surface area contributed by atoms with E-state index in [-0.39, 0.29) is 10.8 Å². The molecule has 2 aromatic heterocycles. The first-order valence-electron chi connectivity index (χ1n) is 13.8. The van der Waals surface area contributed by atoms with Gasteiger partial charge in [-0.25, -0.2) is 9.78 Å². The molecule has 1 aliphatic heterocycles. The molecule has 0 radical (unpaired) electrons. The highest BCUT2D eigenvalue weighted by molar-refractivity contribution is 6.02. The summed E-state index contributed by atoms with van der Waals surface area (Å²) in [6.45, 7) is 4.77. The number of nitrogens with zero attached hydrogens (tertiary/aromatic N) is 2. The van der Waals surface area contributed by atoms with Crippen molar-refractivity contribution < 1.29 is 28.5 Å². The fourth-order valence-corrected chi connectivity index (χ4v) is 5.75. The largest absolute Gasteiger partial charge is 0.496 e. The van der Waals surface area contributed by atoms with E-state index >= 15 is 0 Å². The standard InChI is InChI=1S/C34H30N2O7/c1-19(37)41-31-28-25(43-34(2,3)32(31)42-26(38)16-15-20-11-7-6-8-12-20)18-24(40-5)27-29(28)36(4)33-22(30(27)39)17-21-13-9-10-14-23(21)35-33/h6-18,31-32H,1-5H3/b16-15+/t31-,32-/m1/s1. The van der Waals surface area contributed by atoms with Crippen molar-refractivity contribution in [3.05, 3.63) is 94.2 Å². The van der Waals surface area contributed by atoms with Gasteiger partial charge in [-0.1, -0.05) is 48.5 Å². The summed E-state index contributed by atoms with van der Waals surface area (Å²) >= 11 is 0. The van der Waals surface area contributed by atoms with Crippen molar-refractivity contribution >= 4 is 50.9 Å². The van der Waals surface area contributed by atoms with Crippen LogP contribution in [0.1, 0.15) is 38.0 Å². The highest BCUT2D eigenvalue weighted by atomic mass is 16.6. The quantitative estimate of drug-likeness (QED) is 0.150. The lowest BCUT2D eigenvalue weighted by molar-refractivity contribution is -0.185. The van der Waals surface area contributed by atoms with Crippen LogP contribution < -0.4 is 14.9 Å². The molecule has 3 heterocycles. The zero-order valence-electron chi connectivity index (χ0n) is 24.4. The molecule has 6 rings (SSSR count). The first-order chi connectivity index (χ1) is 20.6. The second kappa shape index (κ2) is 10.6. The molecule has 218 valence electrons.